The van der Waals surface area contributed by atoms with Crippen molar-refractivity contribution in [2.45, 2.75) is 45.1 Å². The molecule has 1 aromatic heterocycles. The predicted molar refractivity (Wildman–Crippen MR) is 84.3 cm³/mol. The molecule has 2 aromatic rings. The number of halogens is 3. The monoisotopic (exact) mass is 344 g/mol. The summed E-state index contributed by atoms with van der Waals surface area (Å²) in [5.41, 5.74) is -4.10. The Morgan fingerprint density at radius 3 is 2.08 bits per heavy atom. The van der Waals surface area contributed by atoms with Gasteiger partial charge in [-0.15, -0.1) is 0 Å². The van der Waals surface area contributed by atoms with Gasteiger partial charge in [-0.3, -0.25) is 0 Å². The van der Waals surface area contributed by atoms with Crippen LogP contribution < -0.4 is 5.59 Å². The van der Waals surface area contributed by atoms with E-state index >= 15 is 0 Å². The van der Waals surface area contributed by atoms with Crippen molar-refractivity contribution in [3.8, 4) is 5.69 Å². The van der Waals surface area contributed by atoms with Crippen molar-refractivity contribution in [2.24, 2.45) is 0 Å². The maximum Gasteiger partial charge on any atom is 0.516 e. The minimum Gasteiger partial charge on any atom is -0.398 e. The third kappa shape index (κ3) is 2.96. The third-order valence-electron chi connectivity index (χ3n) is 4.08. The molecule has 3 rings (SSSR count). The second-order valence-corrected chi connectivity index (χ2v) is 6.34. The number of aromatic nitrogens is 2. The summed E-state index contributed by atoms with van der Waals surface area (Å²) in [4.78, 5) is 0. The molecule has 2 heterocycles. The molecule has 0 spiro atoms. The first kappa shape index (κ1) is 10.9. The van der Waals surface area contributed by atoms with Crippen LogP contribution in [0, 0.1) is 0 Å². The molecule has 0 unspecified atom stereocenters. The molecule has 0 N–H and O–H groups in total. The van der Waals surface area contributed by atoms with E-state index in [0.29, 0.717) is 4.68 Å². The summed E-state index contributed by atoms with van der Waals surface area (Å²) in [5.74, 6) is 0. The molecule has 0 atom stereocenters. The number of hydrogen-bond acceptors (Lipinski definition) is 3. The van der Waals surface area contributed by atoms with Gasteiger partial charge in [0, 0.05) is 6.17 Å². The van der Waals surface area contributed by atoms with Crippen molar-refractivity contribution in [1.82, 2.24) is 9.78 Å². The van der Waals surface area contributed by atoms with Gasteiger partial charge in [0.15, 0.2) is 0 Å². The fourth-order valence-electron chi connectivity index (χ4n) is 1.99. The molecule has 1 aliphatic heterocycles. The standard InChI is InChI=1S/C16H18BF3N2O2/c1-14(2)15(3,4)24-17(23-14)13-9-10-22(21-13)12-7-5-11(6-8-12)16(18,19)20/h5-10H,1-4H3/i5D,6D,7D,8D,9D,10D. The number of nitrogens with zero attached hydrogens (tertiary/aromatic N) is 2. The van der Waals surface area contributed by atoms with Gasteiger partial charge in [0.05, 0.1) is 36.3 Å². The average Bonchev–Trinajstić information content (AvgIpc) is 2.98. The van der Waals surface area contributed by atoms with Crippen LogP contribution in [0.25, 0.3) is 5.69 Å². The molecule has 4 nitrogen and oxygen atoms in total. The average molecular weight is 344 g/mol. The molecule has 0 bridgehead atoms. The van der Waals surface area contributed by atoms with Crippen LogP contribution in [0.4, 0.5) is 13.2 Å². The lowest BCUT2D eigenvalue weighted by molar-refractivity contribution is -0.137. The quantitative estimate of drug-likeness (QED) is 0.785. The zero-order valence-corrected chi connectivity index (χ0v) is 13.4. The van der Waals surface area contributed by atoms with Crippen LogP contribution in [-0.4, -0.2) is 28.1 Å². The van der Waals surface area contributed by atoms with Crippen molar-refractivity contribution >= 4 is 12.7 Å². The van der Waals surface area contributed by atoms with Crippen LogP contribution in [-0.2, 0) is 15.5 Å². The highest BCUT2D eigenvalue weighted by Crippen LogP contribution is 2.36. The third-order valence-corrected chi connectivity index (χ3v) is 4.08. The number of hydrogen-bond donors (Lipinski definition) is 0. The zero-order valence-electron chi connectivity index (χ0n) is 19.4. The minimum atomic E-state index is -5.10. The van der Waals surface area contributed by atoms with E-state index in [1.807, 2.05) is 0 Å². The van der Waals surface area contributed by atoms with Crippen LogP contribution >= 0.6 is 0 Å². The maximum absolute atomic E-state index is 13.2. The van der Waals surface area contributed by atoms with Crippen molar-refractivity contribution in [3.63, 3.8) is 0 Å². The molecule has 0 aliphatic carbocycles. The van der Waals surface area contributed by atoms with E-state index in [4.69, 9.17) is 17.5 Å². The molecule has 0 amide bonds. The van der Waals surface area contributed by atoms with Crippen LogP contribution in [0.15, 0.2) is 36.4 Å². The van der Waals surface area contributed by atoms with Crippen LogP contribution in [0.2, 0.25) is 0 Å². The Hall–Kier alpha value is -1.80. The minimum absolute atomic E-state index is 0.157. The van der Waals surface area contributed by atoms with Crippen molar-refractivity contribution in [1.29, 1.82) is 0 Å². The van der Waals surface area contributed by atoms with Gasteiger partial charge >= 0.3 is 13.3 Å². The summed E-state index contributed by atoms with van der Waals surface area (Å²) in [5, 5.41) is 3.99. The predicted octanol–water partition coefficient (Wildman–Crippen LogP) is 3.19. The van der Waals surface area contributed by atoms with Gasteiger partial charge in [-0.2, -0.15) is 18.3 Å². The maximum atomic E-state index is 13.2. The van der Waals surface area contributed by atoms with Gasteiger partial charge in [0.1, 0.15) is 0 Å². The Bertz CT molecular complexity index is 996. The number of rotatable bonds is 2. The normalized spacial score (nSPS) is 23.2. The molecule has 128 valence electrons. The van der Waals surface area contributed by atoms with E-state index in [1.54, 1.807) is 27.7 Å². The zero-order chi connectivity index (χ0) is 23.0. The first-order valence-corrected chi connectivity index (χ1v) is 7.11. The summed E-state index contributed by atoms with van der Waals surface area (Å²) in [6, 6.07) is -5.14. The van der Waals surface area contributed by atoms with E-state index < -0.39 is 72.1 Å². The van der Waals surface area contributed by atoms with Crippen LogP contribution in [0.1, 0.15) is 41.5 Å². The summed E-state index contributed by atoms with van der Waals surface area (Å²) in [6.45, 7) is 7.03. The smallest absolute Gasteiger partial charge is 0.398 e. The molecule has 1 saturated heterocycles. The van der Waals surface area contributed by atoms with E-state index in [2.05, 4.69) is 5.10 Å². The van der Waals surface area contributed by atoms with Gasteiger partial charge < -0.3 is 9.31 Å². The largest absolute Gasteiger partial charge is 0.516 e. The van der Waals surface area contributed by atoms with Crippen molar-refractivity contribution in [2.75, 3.05) is 0 Å². The van der Waals surface area contributed by atoms with Gasteiger partial charge in [0.2, 0.25) is 0 Å². The lowest BCUT2D eigenvalue weighted by Crippen LogP contribution is -2.41. The lowest BCUT2D eigenvalue weighted by Gasteiger charge is -2.32. The van der Waals surface area contributed by atoms with Gasteiger partial charge in [-0.25, -0.2) is 4.68 Å². The lowest BCUT2D eigenvalue weighted by atomic mass is 9.85. The number of benzene rings is 1. The Morgan fingerprint density at radius 2 is 1.58 bits per heavy atom. The topological polar surface area (TPSA) is 36.3 Å². The van der Waals surface area contributed by atoms with E-state index in [0.717, 1.165) is 0 Å². The highest BCUT2D eigenvalue weighted by atomic mass is 19.4. The van der Waals surface area contributed by atoms with Crippen molar-refractivity contribution in [3.05, 3.63) is 41.9 Å². The van der Waals surface area contributed by atoms with Gasteiger partial charge in [-0.1, -0.05) is 0 Å². The second-order valence-electron chi connectivity index (χ2n) is 6.34. The fourth-order valence-corrected chi connectivity index (χ4v) is 1.99. The highest BCUT2D eigenvalue weighted by Gasteiger charge is 2.52. The van der Waals surface area contributed by atoms with Crippen LogP contribution in [0.5, 0.6) is 0 Å². The highest BCUT2D eigenvalue weighted by molar-refractivity contribution is 6.61. The van der Waals surface area contributed by atoms with Gasteiger partial charge in [-0.05, 0) is 57.9 Å². The Balaban J connectivity index is 2.20. The molecule has 1 fully saturated rings. The molecule has 1 aromatic carbocycles. The van der Waals surface area contributed by atoms with Gasteiger partial charge in [0.25, 0.3) is 0 Å². The van der Waals surface area contributed by atoms with Crippen molar-refractivity contribution < 1.29 is 30.7 Å². The molecule has 0 radical (unpaired) electrons. The molecule has 1 aliphatic rings. The summed E-state index contributed by atoms with van der Waals surface area (Å²) in [7, 11) is -1.16. The fraction of sp³-hybridized carbons (Fsp3) is 0.438. The Morgan fingerprint density at radius 1 is 1.04 bits per heavy atom. The molecule has 8 heteroatoms. The van der Waals surface area contributed by atoms with E-state index in [9.17, 15) is 13.2 Å². The Kier molecular flexibility index (Phi) is 2.44. The molecular formula is C16H18BF3N2O2. The van der Waals surface area contributed by atoms with E-state index in [-0.39, 0.29) is 5.59 Å². The Labute approximate surface area is 147 Å². The molecule has 0 saturated carbocycles. The SMILES string of the molecule is [2H]c1c([2H])c(C(F)(F)F)c([2H])c([2H])c1-n1nc(B2OC(C)(C)C(C)(C)O2)c([2H])c1[2H]. The first-order chi connectivity index (χ1) is 13.5. The van der Waals surface area contributed by atoms with E-state index in [1.165, 1.54) is 0 Å². The summed E-state index contributed by atoms with van der Waals surface area (Å²) >= 11 is 0. The second kappa shape index (κ2) is 5.36. The summed E-state index contributed by atoms with van der Waals surface area (Å²) in [6.07, 6.45) is -5.74. The number of alkyl halides is 3. The summed E-state index contributed by atoms with van der Waals surface area (Å²) < 4.78 is 99.2. The van der Waals surface area contributed by atoms with Crippen LogP contribution in [0.3, 0.4) is 0 Å². The first-order valence-electron chi connectivity index (χ1n) is 10.1. The molecule has 24 heavy (non-hydrogen) atoms. The molecular weight excluding hydrogens is 320 g/mol.